The van der Waals surface area contributed by atoms with Gasteiger partial charge >= 0.3 is 0 Å². The predicted molar refractivity (Wildman–Crippen MR) is 141 cm³/mol. The number of aromatic nitrogens is 3. The van der Waals surface area contributed by atoms with Gasteiger partial charge in [0.15, 0.2) is 5.75 Å². The van der Waals surface area contributed by atoms with Crippen LogP contribution in [0.3, 0.4) is 0 Å². The minimum Gasteiger partial charge on any atom is -0.496 e. The van der Waals surface area contributed by atoms with Crippen molar-refractivity contribution >= 4 is 23.1 Å². The number of aliphatic hydroxyl groups is 1. The first-order chi connectivity index (χ1) is 18.1. The molecular formula is C27H30N6O4. The van der Waals surface area contributed by atoms with Gasteiger partial charge in [0.05, 0.1) is 49.5 Å². The Bertz CT molecular complexity index is 1400. The van der Waals surface area contributed by atoms with Crippen molar-refractivity contribution < 1.29 is 19.4 Å². The second-order valence-electron chi connectivity index (χ2n) is 8.71. The topological polar surface area (TPSA) is 104 Å². The molecule has 0 bridgehead atoms. The van der Waals surface area contributed by atoms with E-state index in [9.17, 15) is 9.90 Å². The van der Waals surface area contributed by atoms with Crippen LogP contribution in [0.25, 0.3) is 16.8 Å². The first-order valence-electron chi connectivity index (χ1n) is 12.2. The number of β-amino-alcohol motifs (C(OH)–C–C–N with tert-alkyl or cyclic N) is 1. The summed E-state index contributed by atoms with van der Waals surface area (Å²) in [6, 6.07) is 17.1. The number of carbonyl (C=O) groups is 1. The number of nitrogens with zero attached hydrogens (tertiary/aromatic N) is 5. The zero-order valence-corrected chi connectivity index (χ0v) is 20.9. The summed E-state index contributed by atoms with van der Waals surface area (Å²) in [4.78, 5) is 21.8. The highest BCUT2D eigenvalue weighted by atomic mass is 16.5. The number of methoxy groups -OCH3 is 2. The molecule has 1 aliphatic rings. The number of rotatable bonds is 8. The lowest BCUT2D eigenvalue weighted by Crippen LogP contribution is -2.49. The first-order valence-corrected chi connectivity index (χ1v) is 12.2. The van der Waals surface area contributed by atoms with Gasteiger partial charge in [0, 0.05) is 38.3 Å². The van der Waals surface area contributed by atoms with Gasteiger partial charge in [-0.15, -0.1) is 5.10 Å². The third-order valence-corrected chi connectivity index (χ3v) is 6.55. The van der Waals surface area contributed by atoms with Crippen molar-refractivity contribution in [1.29, 1.82) is 0 Å². The van der Waals surface area contributed by atoms with Crippen molar-refractivity contribution in [1.82, 2.24) is 24.4 Å². The van der Waals surface area contributed by atoms with Crippen molar-refractivity contribution in [3.63, 3.8) is 0 Å². The average Bonchev–Trinajstić information content (AvgIpc) is 3.36. The number of aliphatic hydroxyl groups excluding tert-OH is 1. The summed E-state index contributed by atoms with van der Waals surface area (Å²) >= 11 is 0. The van der Waals surface area contributed by atoms with Crippen molar-refractivity contribution in [2.45, 2.75) is 0 Å². The molecule has 2 aromatic heterocycles. The Morgan fingerprint density at radius 3 is 2.57 bits per heavy atom. The number of anilines is 2. The van der Waals surface area contributed by atoms with E-state index < -0.39 is 0 Å². The lowest BCUT2D eigenvalue weighted by atomic mass is 10.1. The van der Waals surface area contributed by atoms with Gasteiger partial charge in [-0.2, -0.15) is 0 Å². The fourth-order valence-corrected chi connectivity index (χ4v) is 4.65. The largest absolute Gasteiger partial charge is 0.496 e. The number of fused-ring (bicyclic) bond motifs is 1. The van der Waals surface area contributed by atoms with Crippen molar-refractivity contribution in [2.24, 2.45) is 0 Å². The maximum atomic E-state index is 13.4. The van der Waals surface area contributed by atoms with Crippen LogP contribution in [-0.2, 0) is 0 Å². The molecule has 0 aliphatic carbocycles. The molecule has 0 spiro atoms. The van der Waals surface area contributed by atoms with Crippen LogP contribution in [0.1, 0.15) is 10.4 Å². The van der Waals surface area contributed by atoms with E-state index in [-0.39, 0.29) is 12.5 Å². The van der Waals surface area contributed by atoms with E-state index in [4.69, 9.17) is 14.6 Å². The monoisotopic (exact) mass is 502 g/mol. The highest BCUT2D eigenvalue weighted by Gasteiger charge is 2.25. The molecule has 4 aromatic rings. The maximum Gasteiger partial charge on any atom is 0.257 e. The molecule has 0 unspecified atom stereocenters. The number of carbonyl (C=O) groups excluding carboxylic acids is 1. The van der Waals surface area contributed by atoms with E-state index >= 15 is 0 Å². The number of benzene rings is 2. The molecule has 2 N–H and O–H groups in total. The maximum absolute atomic E-state index is 13.4. The van der Waals surface area contributed by atoms with Gasteiger partial charge in [-0.1, -0.05) is 18.2 Å². The Kier molecular flexibility index (Phi) is 7.20. The second-order valence-corrected chi connectivity index (χ2v) is 8.71. The van der Waals surface area contributed by atoms with Crippen LogP contribution in [0.5, 0.6) is 11.5 Å². The first kappa shape index (κ1) is 24.5. The molecule has 0 radical (unpaired) electrons. The van der Waals surface area contributed by atoms with Crippen LogP contribution in [0.2, 0.25) is 0 Å². The molecule has 3 heterocycles. The summed E-state index contributed by atoms with van der Waals surface area (Å²) in [7, 11) is 3.19. The van der Waals surface area contributed by atoms with Crippen LogP contribution in [-0.4, -0.2) is 89.0 Å². The van der Waals surface area contributed by atoms with E-state index in [1.54, 1.807) is 31.0 Å². The Morgan fingerprint density at radius 2 is 1.81 bits per heavy atom. The summed E-state index contributed by atoms with van der Waals surface area (Å²) in [5.41, 5.74) is 3.69. The smallest absolute Gasteiger partial charge is 0.257 e. The fourth-order valence-electron chi connectivity index (χ4n) is 4.65. The summed E-state index contributed by atoms with van der Waals surface area (Å²) in [6.07, 6.45) is 1.74. The third kappa shape index (κ3) is 4.93. The third-order valence-electron chi connectivity index (χ3n) is 6.55. The Morgan fingerprint density at radius 1 is 1.00 bits per heavy atom. The molecule has 1 saturated heterocycles. The van der Waals surface area contributed by atoms with Gasteiger partial charge < -0.3 is 24.8 Å². The fraction of sp³-hybridized carbons (Fsp3) is 0.296. The molecular weight excluding hydrogens is 472 g/mol. The molecule has 192 valence electrons. The molecule has 5 rings (SSSR count). The number of ether oxygens (including phenoxy) is 2. The van der Waals surface area contributed by atoms with Crippen LogP contribution >= 0.6 is 0 Å². The van der Waals surface area contributed by atoms with Crippen LogP contribution in [0.15, 0.2) is 60.8 Å². The molecule has 1 aliphatic heterocycles. The zero-order valence-electron chi connectivity index (χ0n) is 20.9. The van der Waals surface area contributed by atoms with Gasteiger partial charge in [0.2, 0.25) is 5.95 Å². The molecule has 1 amide bonds. The Balaban J connectivity index is 1.42. The molecule has 2 aromatic carbocycles. The van der Waals surface area contributed by atoms with Gasteiger partial charge in [-0.3, -0.25) is 9.69 Å². The minimum atomic E-state index is -0.0932. The number of piperazine rings is 1. The highest BCUT2D eigenvalue weighted by Crippen LogP contribution is 2.33. The number of hydrogen-bond acceptors (Lipinski definition) is 8. The van der Waals surface area contributed by atoms with Crippen LogP contribution in [0, 0.1) is 0 Å². The Labute approximate surface area is 215 Å². The molecule has 10 nitrogen and oxygen atoms in total. The summed E-state index contributed by atoms with van der Waals surface area (Å²) in [5.74, 6) is 1.46. The van der Waals surface area contributed by atoms with E-state index in [1.165, 1.54) is 0 Å². The highest BCUT2D eigenvalue weighted by molar-refractivity contribution is 5.99. The second kappa shape index (κ2) is 10.9. The van der Waals surface area contributed by atoms with Gasteiger partial charge in [-0.05, 0) is 36.4 Å². The van der Waals surface area contributed by atoms with Crippen molar-refractivity contribution in [3.8, 4) is 22.8 Å². The van der Waals surface area contributed by atoms with Gasteiger partial charge in [0.1, 0.15) is 5.75 Å². The number of para-hydroxylation sites is 2. The van der Waals surface area contributed by atoms with E-state index in [1.807, 2.05) is 53.4 Å². The Hall–Kier alpha value is -4.15. The lowest BCUT2D eigenvalue weighted by molar-refractivity contribution is 0.0612. The van der Waals surface area contributed by atoms with E-state index in [0.29, 0.717) is 42.6 Å². The van der Waals surface area contributed by atoms with Crippen LogP contribution in [0.4, 0.5) is 11.6 Å². The van der Waals surface area contributed by atoms with Crippen molar-refractivity contribution in [3.05, 3.63) is 66.4 Å². The summed E-state index contributed by atoms with van der Waals surface area (Å²) in [6.45, 7) is 3.39. The molecule has 0 saturated carbocycles. The van der Waals surface area contributed by atoms with Crippen molar-refractivity contribution in [2.75, 3.05) is 58.9 Å². The molecule has 0 atom stereocenters. The standard InChI is InChI=1S/C27H30N6O4/c1-36-24-9-4-3-6-20(24)23-11-10-19-18-28-27(30-33(19)23)29-22-8-5-7-21(25(22)37-2)26(35)32-14-12-31(13-15-32)16-17-34/h3-11,18,34H,12-17H2,1-2H3,(H,29,30). The number of amides is 1. The van der Waals surface area contributed by atoms with Gasteiger partial charge in [0.25, 0.3) is 5.91 Å². The predicted octanol–water partition coefficient (Wildman–Crippen LogP) is 2.91. The number of hydrogen-bond donors (Lipinski definition) is 2. The SMILES string of the molecule is COc1ccccc1-c1ccc2cnc(Nc3cccc(C(=O)N4CCN(CCO)CC4)c3OC)nn12. The minimum absolute atomic E-state index is 0.0932. The lowest BCUT2D eigenvalue weighted by Gasteiger charge is -2.34. The summed E-state index contributed by atoms with van der Waals surface area (Å²) in [5, 5.41) is 17.1. The molecule has 37 heavy (non-hydrogen) atoms. The molecule has 1 fully saturated rings. The van der Waals surface area contributed by atoms with Crippen LogP contribution < -0.4 is 14.8 Å². The molecule has 10 heteroatoms. The quantitative estimate of drug-likeness (QED) is 0.379. The van der Waals surface area contributed by atoms with Gasteiger partial charge in [-0.25, -0.2) is 9.50 Å². The van der Waals surface area contributed by atoms with E-state index in [2.05, 4.69) is 15.2 Å². The number of nitrogens with one attached hydrogen (secondary N) is 1. The zero-order chi connectivity index (χ0) is 25.8. The normalized spacial score (nSPS) is 14.1. The summed E-state index contributed by atoms with van der Waals surface area (Å²) < 4.78 is 13.0. The average molecular weight is 503 g/mol. The van der Waals surface area contributed by atoms with E-state index in [0.717, 1.165) is 35.6 Å².